The van der Waals surface area contributed by atoms with Crippen molar-refractivity contribution in [1.29, 1.82) is 5.41 Å². The number of sulfonamides is 1. The van der Waals surface area contributed by atoms with E-state index in [4.69, 9.17) is 15.9 Å². The van der Waals surface area contributed by atoms with Crippen molar-refractivity contribution < 1.29 is 27.5 Å². The summed E-state index contributed by atoms with van der Waals surface area (Å²) in [4.78, 5) is 39.5. The van der Waals surface area contributed by atoms with E-state index in [2.05, 4.69) is 15.4 Å². The molecule has 47 heavy (non-hydrogen) atoms. The molecule has 3 aromatic carbocycles. The zero-order valence-corrected chi connectivity index (χ0v) is 27.9. The van der Waals surface area contributed by atoms with Gasteiger partial charge >= 0.3 is 5.97 Å². The molecule has 0 bridgehead atoms. The zero-order valence-electron chi connectivity index (χ0n) is 27.1. The third-order valence-electron chi connectivity index (χ3n) is 7.06. The van der Waals surface area contributed by atoms with E-state index in [0.29, 0.717) is 17.5 Å². The van der Waals surface area contributed by atoms with Gasteiger partial charge in [-0.15, -0.1) is 0 Å². The molecule has 0 saturated carbocycles. The number of ether oxygens (including phenoxy) is 1. The number of hydrogen-bond acceptors (Lipinski definition) is 7. The first-order valence-corrected chi connectivity index (χ1v) is 17.2. The molecular formula is C35H45N5O6S. The first-order chi connectivity index (χ1) is 22.2. The van der Waals surface area contributed by atoms with Gasteiger partial charge in [0.1, 0.15) is 23.5 Å². The van der Waals surface area contributed by atoms with Crippen LogP contribution in [0, 0.1) is 5.41 Å². The Morgan fingerprint density at radius 1 is 0.809 bits per heavy atom. The highest BCUT2D eigenvalue weighted by molar-refractivity contribution is 7.88. The van der Waals surface area contributed by atoms with Gasteiger partial charge in [-0.05, 0) is 63.1 Å². The van der Waals surface area contributed by atoms with Gasteiger partial charge in [0.2, 0.25) is 21.8 Å². The van der Waals surface area contributed by atoms with Crippen LogP contribution in [0.4, 0.5) is 0 Å². The second-order valence-electron chi connectivity index (χ2n) is 12.3. The van der Waals surface area contributed by atoms with E-state index >= 15 is 0 Å². The number of amides is 2. The molecule has 0 aliphatic heterocycles. The van der Waals surface area contributed by atoms with Gasteiger partial charge in [-0.1, -0.05) is 84.9 Å². The normalized spacial score (nSPS) is 12.8. The first kappa shape index (κ1) is 36.9. The molecule has 0 saturated heterocycles. The van der Waals surface area contributed by atoms with Crippen LogP contribution in [0.1, 0.15) is 68.7 Å². The van der Waals surface area contributed by atoms with E-state index in [-0.39, 0.29) is 43.8 Å². The molecule has 12 heteroatoms. The molecule has 0 heterocycles. The van der Waals surface area contributed by atoms with Crippen LogP contribution in [-0.4, -0.2) is 49.7 Å². The summed E-state index contributed by atoms with van der Waals surface area (Å²) in [6, 6.07) is 22.6. The Hall–Kier alpha value is -4.55. The lowest BCUT2D eigenvalue weighted by atomic mass is 10.0. The third kappa shape index (κ3) is 13.8. The van der Waals surface area contributed by atoms with Crippen molar-refractivity contribution in [2.24, 2.45) is 5.73 Å². The summed E-state index contributed by atoms with van der Waals surface area (Å²) in [5.41, 5.74) is 7.65. The summed E-state index contributed by atoms with van der Waals surface area (Å²) in [6.07, 6.45) is 0.957. The summed E-state index contributed by atoms with van der Waals surface area (Å²) >= 11 is 0. The van der Waals surface area contributed by atoms with Crippen LogP contribution < -0.4 is 21.1 Å². The summed E-state index contributed by atoms with van der Waals surface area (Å²) in [7, 11) is -3.94. The quantitative estimate of drug-likeness (QED) is 0.0829. The van der Waals surface area contributed by atoms with Crippen LogP contribution in [0.2, 0.25) is 0 Å². The van der Waals surface area contributed by atoms with E-state index in [0.717, 1.165) is 11.1 Å². The van der Waals surface area contributed by atoms with Crippen molar-refractivity contribution in [3.05, 3.63) is 107 Å². The number of benzene rings is 3. The first-order valence-electron chi connectivity index (χ1n) is 15.5. The zero-order chi connectivity index (χ0) is 34.5. The number of nitrogens with one attached hydrogen (secondary N) is 4. The van der Waals surface area contributed by atoms with Crippen molar-refractivity contribution >= 4 is 33.6 Å². The van der Waals surface area contributed by atoms with Crippen LogP contribution in [0.15, 0.2) is 84.9 Å². The lowest BCUT2D eigenvalue weighted by molar-refractivity contribution is -0.155. The van der Waals surface area contributed by atoms with Crippen molar-refractivity contribution in [2.45, 2.75) is 82.9 Å². The fourth-order valence-corrected chi connectivity index (χ4v) is 6.12. The summed E-state index contributed by atoms with van der Waals surface area (Å²) in [6.45, 7) is 5.42. The molecule has 0 aliphatic rings. The van der Waals surface area contributed by atoms with Gasteiger partial charge in [-0.3, -0.25) is 19.8 Å². The molecule has 0 spiro atoms. The predicted octanol–water partition coefficient (Wildman–Crippen LogP) is 3.70. The largest absolute Gasteiger partial charge is 0.460 e. The van der Waals surface area contributed by atoms with Crippen LogP contribution in [0.3, 0.4) is 0 Å². The van der Waals surface area contributed by atoms with Crippen LogP contribution in [-0.2, 0) is 47.9 Å². The minimum atomic E-state index is -3.94. The van der Waals surface area contributed by atoms with E-state index in [1.54, 1.807) is 75.4 Å². The summed E-state index contributed by atoms with van der Waals surface area (Å²) in [5, 5.41) is 13.1. The lowest BCUT2D eigenvalue weighted by Gasteiger charge is -2.24. The molecule has 0 radical (unpaired) electrons. The highest BCUT2D eigenvalue weighted by Crippen LogP contribution is 2.13. The summed E-state index contributed by atoms with van der Waals surface area (Å²) < 4.78 is 34.3. The maximum absolute atomic E-state index is 13.7. The monoisotopic (exact) mass is 663 g/mol. The summed E-state index contributed by atoms with van der Waals surface area (Å²) in [5.74, 6) is -1.96. The molecule has 2 amide bonds. The van der Waals surface area contributed by atoms with Gasteiger partial charge in [0.15, 0.2) is 0 Å². The topological polar surface area (TPSA) is 181 Å². The average Bonchev–Trinajstić information content (AvgIpc) is 3.01. The number of carbonyl (C=O) groups excluding carboxylic acids is 3. The number of hydrogen-bond donors (Lipinski definition) is 5. The Kier molecular flexibility index (Phi) is 13.7. The smallest absolute Gasteiger partial charge is 0.306 e. The van der Waals surface area contributed by atoms with Gasteiger partial charge in [-0.2, -0.15) is 0 Å². The fourth-order valence-electron chi connectivity index (χ4n) is 4.75. The molecule has 0 aliphatic carbocycles. The standard InChI is InChI=1S/C35H45N5O6S/c1-35(2,3)46-31(41)16-10-15-29(33(42)38-23-26-17-20-28(21-18-26)32(36)37)39-34(43)30(22-19-25-11-6-4-7-12-25)40-47(44,45)24-27-13-8-5-9-14-27/h4-9,11-14,17-18,20-21,29-30,40H,10,15-16,19,22-24H2,1-3H3,(H3,36,37)(H,38,42)(H,39,43)/t29-,30+/m0/s1. The maximum Gasteiger partial charge on any atom is 0.306 e. The second-order valence-corrected chi connectivity index (χ2v) is 14.1. The number of carbonyl (C=O) groups is 3. The molecular weight excluding hydrogens is 618 g/mol. The molecule has 2 atom stereocenters. The van der Waals surface area contributed by atoms with E-state index in [1.807, 2.05) is 30.3 Å². The number of nitrogens with two attached hydrogens (primary N) is 1. The van der Waals surface area contributed by atoms with Crippen molar-refractivity contribution in [3.8, 4) is 0 Å². The van der Waals surface area contributed by atoms with E-state index in [9.17, 15) is 22.8 Å². The Bertz CT molecular complexity index is 1590. The lowest BCUT2D eigenvalue weighted by Crippen LogP contribution is -2.53. The van der Waals surface area contributed by atoms with Gasteiger partial charge < -0.3 is 21.1 Å². The van der Waals surface area contributed by atoms with Crippen LogP contribution in [0.5, 0.6) is 0 Å². The Balaban J connectivity index is 1.77. The fraction of sp³-hybridized carbons (Fsp3) is 0.371. The molecule has 11 nitrogen and oxygen atoms in total. The predicted molar refractivity (Wildman–Crippen MR) is 182 cm³/mol. The molecule has 0 aromatic heterocycles. The highest BCUT2D eigenvalue weighted by atomic mass is 32.2. The van der Waals surface area contributed by atoms with Crippen LogP contribution in [0.25, 0.3) is 0 Å². The van der Waals surface area contributed by atoms with Crippen molar-refractivity contribution in [3.63, 3.8) is 0 Å². The number of aryl methyl sites for hydroxylation is 1. The minimum absolute atomic E-state index is 0.0323. The molecule has 3 rings (SSSR count). The van der Waals surface area contributed by atoms with Gasteiger partial charge in [-0.25, -0.2) is 13.1 Å². The molecule has 0 unspecified atom stereocenters. The van der Waals surface area contributed by atoms with Crippen molar-refractivity contribution in [2.75, 3.05) is 0 Å². The van der Waals surface area contributed by atoms with Gasteiger partial charge in [0.05, 0.1) is 5.75 Å². The minimum Gasteiger partial charge on any atom is -0.460 e. The van der Waals surface area contributed by atoms with E-state index in [1.165, 1.54) is 0 Å². The molecule has 0 fully saturated rings. The molecule has 252 valence electrons. The van der Waals surface area contributed by atoms with Gasteiger partial charge in [0.25, 0.3) is 0 Å². The van der Waals surface area contributed by atoms with Gasteiger partial charge in [0, 0.05) is 18.5 Å². The Labute approximate surface area is 277 Å². The van der Waals surface area contributed by atoms with Crippen molar-refractivity contribution in [1.82, 2.24) is 15.4 Å². The number of amidine groups is 1. The van der Waals surface area contributed by atoms with Crippen LogP contribution >= 0.6 is 0 Å². The van der Waals surface area contributed by atoms with E-state index < -0.39 is 45.5 Å². The maximum atomic E-state index is 13.7. The SMILES string of the molecule is CC(C)(C)OC(=O)CCC[C@H](NC(=O)[C@@H](CCc1ccccc1)NS(=O)(=O)Cc1ccccc1)C(=O)NCc1ccc(C(=N)N)cc1. The molecule has 3 aromatic rings. The highest BCUT2D eigenvalue weighted by Gasteiger charge is 2.29. The second kappa shape index (κ2) is 17.4. The average molecular weight is 664 g/mol. The number of esters is 1. The third-order valence-corrected chi connectivity index (χ3v) is 8.42. The Morgan fingerprint density at radius 3 is 1.98 bits per heavy atom. The molecule has 6 N–H and O–H groups in total. The number of rotatable bonds is 17. The number of nitrogen functional groups attached to an aromatic ring is 1. The Morgan fingerprint density at radius 2 is 1.40 bits per heavy atom.